The summed E-state index contributed by atoms with van der Waals surface area (Å²) in [5.74, 6) is -0.402. The van der Waals surface area contributed by atoms with Crippen molar-refractivity contribution in [2.45, 2.75) is 38.8 Å². The fourth-order valence-electron chi connectivity index (χ4n) is 2.23. The van der Waals surface area contributed by atoms with Gasteiger partial charge in [0.1, 0.15) is 11.8 Å². The molecule has 6 heteroatoms. The highest BCUT2D eigenvalue weighted by molar-refractivity contribution is 5.94. The van der Waals surface area contributed by atoms with Crippen molar-refractivity contribution in [3.63, 3.8) is 0 Å². The Morgan fingerprint density at radius 1 is 1.17 bits per heavy atom. The first-order chi connectivity index (χ1) is 11.5. The number of hydrogen-bond donors (Lipinski definition) is 3. The maximum Gasteiger partial charge on any atom is 0.321 e. The average Bonchev–Trinajstić information content (AvgIpc) is 3.05. The third kappa shape index (κ3) is 5.24. The number of furan rings is 1. The first-order valence-corrected chi connectivity index (χ1v) is 7.84. The second-order valence-electron chi connectivity index (χ2n) is 5.88. The van der Waals surface area contributed by atoms with E-state index in [1.54, 1.807) is 12.1 Å². The Balaban J connectivity index is 1.88. The number of aliphatic carboxylic acids is 1. The van der Waals surface area contributed by atoms with E-state index < -0.39 is 12.0 Å². The number of amides is 1. The number of benzene rings is 1. The van der Waals surface area contributed by atoms with Gasteiger partial charge in [-0.25, -0.2) is 0 Å². The van der Waals surface area contributed by atoms with Gasteiger partial charge in [0.25, 0.3) is 0 Å². The number of anilines is 1. The first-order valence-electron chi connectivity index (χ1n) is 7.84. The lowest BCUT2D eigenvalue weighted by Gasteiger charge is -2.14. The fourth-order valence-corrected chi connectivity index (χ4v) is 2.23. The number of hydrogen-bond acceptors (Lipinski definition) is 4. The Hall–Kier alpha value is -2.60. The minimum absolute atomic E-state index is 0.165. The number of rotatable bonds is 8. The summed E-state index contributed by atoms with van der Waals surface area (Å²) in [5, 5.41) is 14.8. The maximum atomic E-state index is 12.1. The lowest BCUT2D eigenvalue weighted by Crippen LogP contribution is -2.39. The van der Waals surface area contributed by atoms with Gasteiger partial charge in [-0.2, -0.15) is 0 Å². The van der Waals surface area contributed by atoms with E-state index in [0.717, 1.165) is 0 Å². The summed E-state index contributed by atoms with van der Waals surface area (Å²) < 4.78 is 5.14. The van der Waals surface area contributed by atoms with Crippen molar-refractivity contribution < 1.29 is 19.1 Å². The number of carbonyl (C=O) groups is 2. The van der Waals surface area contributed by atoms with Crippen molar-refractivity contribution in [3.8, 4) is 0 Å². The summed E-state index contributed by atoms with van der Waals surface area (Å²) in [6.07, 6.45) is 1.35. The molecule has 0 spiro atoms. The molecule has 0 aliphatic rings. The van der Waals surface area contributed by atoms with Gasteiger partial charge in [-0.3, -0.25) is 14.9 Å². The predicted molar refractivity (Wildman–Crippen MR) is 90.7 cm³/mol. The highest BCUT2D eigenvalue weighted by atomic mass is 16.4. The third-order valence-electron chi connectivity index (χ3n) is 3.65. The van der Waals surface area contributed by atoms with Gasteiger partial charge in [0.2, 0.25) is 5.91 Å². The van der Waals surface area contributed by atoms with E-state index in [0.29, 0.717) is 17.4 Å². The van der Waals surface area contributed by atoms with Gasteiger partial charge in [0.15, 0.2) is 0 Å². The van der Waals surface area contributed by atoms with Crippen LogP contribution < -0.4 is 10.6 Å². The standard InChI is InChI=1S/C18H22N2O4/c1-12(2)13-5-7-14(8-6-13)20-17(21)10-16(18(22)23)19-11-15-4-3-9-24-15/h3-9,12,16,19H,10-11H2,1-2H3,(H,20,21)(H,22,23)/t16-/m1/s1. The van der Waals surface area contributed by atoms with Crippen LogP contribution in [-0.4, -0.2) is 23.0 Å². The molecule has 0 saturated carbocycles. The molecule has 0 radical (unpaired) electrons. The second-order valence-corrected chi connectivity index (χ2v) is 5.88. The normalized spacial score (nSPS) is 12.1. The Bertz CT molecular complexity index is 663. The number of nitrogens with one attached hydrogen (secondary N) is 2. The number of carboxylic acid groups (broad SMARTS) is 1. The van der Waals surface area contributed by atoms with Gasteiger partial charge in [0.05, 0.1) is 19.2 Å². The molecule has 0 saturated heterocycles. The van der Waals surface area contributed by atoms with Crippen LogP contribution in [0.1, 0.15) is 37.5 Å². The topological polar surface area (TPSA) is 91.6 Å². The molecular formula is C18H22N2O4. The first kappa shape index (κ1) is 17.7. The Morgan fingerprint density at radius 3 is 2.42 bits per heavy atom. The van der Waals surface area contributed by atoms with Crippen LogP contribution >= 0.6 is 0 Å². The highest BCUT2D eigenvalue weighted by Crippen LogP contribution is 2.17. The third-order valence-corrected chi connectivity index (χ3v) is 3.65. The quantitative estimate of drug-likeness (QED) is 0.692. The lowest BCUT2D eigenvalue weighted by atomic mass is 10.0. The van der Waals surface area contributed by atoms with Crippen molar-refractivity contribution in [2.75, 3.05) is 5.32 Å². The molecule has 1 atom stereocenters. The molecule has 0 aliphatic carbocycles. The molecule has 6 nitrogen and oxygen atoms in total. The molecule has 1 aromatic heterocycles. The Kier molecular flexibility index (Phi) is 6.14. The van der Waals surface area contributed by atoms with Crippen molar-refractivity contribution in [1.82, 2.24) is 5.32 Å². The molecule has 24 heavy (non-hydrogen) atoms. The molecule has 0 fully saturated rings. The molecule has 3 N–H and O–H groups in total. The SMILES string of the molecule is CC(C)c1ccc(NC(=O)C[C@@H](NCc2ccco2)C(=O)O)cc1. The van der Waals surface area contributed by atoms with E-state index in [9.17, 15) is 14.7 Å². The second kappa shape index (κ2) is 8.31. The molecule has 1 amide bonds. The summed E-state index contributed by atoms with van der Waals surface area (Å²) in [6, 6.07) is 10.0. The molecule has 1 heterocycles. The zero-order chi connectivity index (χ0) is 17.5. The lowest BCUT2D eigenvalue weighted by molar-refractivity contribution is -0.141. The van der Waals surface area contributed by atoms with Crippen LogP contribution in [0, 0.1) is 0 Å². The molecular weight excluding hydrogens is 308 g/mol. The van der Waals surface area contributed by atoms with Gasteiger partial charge in [-0.15, -0.1) is 0 Å². The Morgan fingerprint density at radius 2 is 1.88 bits per heavy atom. The van der Waals surface area contributed by atoms with Crippen LogP contribution in [0.25, 0.3) is 0 Å². The molecule has 1 aromatic carbocycles. The van der Waals surface area contributed by atoms with Crippen molar-refractivity contribution in [2.24, 2.45) is 0 Å². The van der Waals surface area contributed by atoms with Crippen molar-refractivity contribution >= 4 is 17.6 Å². The van der Waals surface area contributed by atoms with Crippen LogP contribution in [0.2, 0.25) is 0 Å². The molecule has 2 aromatic rings. The van der Waals surface area contributed by atoms with E-state index in [2.05, 4.69) is 24.5 Å². The highest BCUT2D eigenvalue weighted by Gasteiger charge is 2.21. The summed E-state index contributed by atoms with van der Waals surface area (Å²) in [6.45, 7) is 4.44. The summed E-state index contributed by atoms with van der Waals surface area (Å²) >= 11 is 0. The van der Waals surface area contributed by atoms with Crippen LogP contribution in [0.5, 0.6) is 0 Å². The van der Waals surface area contributed by atoms with E-state index in [1.165, 1.54) is 11.8 Å². The van der Waals surface area contributed by atoms with E-state index in [1.807, 2.05) is 24.3 Å². The van der Waals surface area contributed by atoms with Gasteiger partial charge >= 0.3 is 5.97 Å². The molecule has 2 rings (SSSR count). The van der Waals surface area contributed by atoms with Gasteiger partial charge in [0, 0.05) is 5.69 Å². The van der Waals surface area contributed by atoms with E-state index >= 15 is 0 Å². The number of carbonyl (C=O) groups excluding carboxylic acids is 1. The van der Waals surface area contributed by atoms with Crippen molar-refractivity contribution in [1.29, 1.82) is 0 Å². The Labute approximate surface area is 140 Å². The predicted octanol–water partition coefficient (Wildman–Crippen LogP) is 2.97. The smallest absolute Gasteiger partial charge is 0.321 e. The minimum atomic E-state index is -1.08. The maximum absolute atomic E-state index is 12.1. The van der Waals surface area contributed by atoms with Crippen LogP contribution in [0.3, 0.4) is 0 Å². The molecule has 0 bridgehead atoms. The largest absolute Gasteiger partial charge is 0.480 e. The summed E-state index contributed by atoms with van der Waals surface area (Å²) in [5.41, 5.74) is 1.83. The number of carboxylic acids is 1. The monoisotopic (exact) mass is 330 g/mol. The van der Waals surface area contributed by atoms with E-state index in [-0.39, 0.29) is 18.9 Å². The molecule has 128 valence electrons. The summed E-state index contributed by atoms with van der Waals surface area (Å²) in [7, 11) is 0. The van der Waals surface area contributed by atoms with Crippen LogP contribution in [0.15, 0.2) is 47.1 Å². The summed E-state index contributed by atoms with van der Waals surface area (Å²) in [4.78, 5) is 23.4. The zero-order valence-corrected chi connectivity index (χ0v) is 13.8. The van der Waals surface area contributed by atoms with Crippen LogP contribution in [-0.2, 0) is 16.1 Å². The van der Waals surface area contributed by atoms with Gasteiger partial charge in [-0.05, 0) is 35.7 Å². The van der Waals surface area contributed by atoms with Crippen LogP contribution in [0.4, 0.5) is 5.69 Å². The van der Waals surface area contributed by atoms with Gasteiger partial charge in [-0.1, -0.05) is 26.0 Å². The molecule has 0 aliphatic heterocycles. The molecule has 0 unspecified atom stereocenters. The van der Waals surface area contributed by atoms with Crippen molar-refractivity contribution in [3.05, 3.63) is 54.0 Å². The van der Waals surface area contributed by atoms with Gasteiger partial charge < -0.3 is 14.8 Å². The average molecular weight is 330 g/mol. The van der Waals surface area contributed by atoms with E-state index in [4.69, 9.17) is 4.42 Å². The minimum Gasteiger partial charge on any atom is -0.480 e. The zero-order valence-electron chi connectivity index (χ0n) is 13.8. The fraction of sp³-hybridized carbons (Fsp3) is 0.333.